The van der Waals surface area contributed by atoms with Crippen LogP contribution in [0, 0.1) is 11.6 Å². The fraction of sp³-hybridized carbons (Fsp3) is 0.400. The van der Waals surface area contributed by atoms with E-state index in [-0.39, 0.29) is 0 Å². The Balaban J connectivity index is 2.52. The molecular weight excluding hydrogens is 190 g/mol. The van der Waals surface area contributed by atoms with Crippen molar-refractivity contribution < 1.29 is 18.3 Å². The lowest BCUT2D eigenvalue weighted by molar-refractivity contribution is 0.313. The van der Waals surface area contributed by atoms with Crippen molar-refractivity contribution in [1.82, 2.24) is 0 Å². The fourth-order valence-corrected chi connectivity index (χ4v) is 1.37. The SMILES string of the molecule is COc1cc(F)c(F)cc1C1(C)CO1. The summed E-state index contributed by atoms with van der Waals surface area (Å²) in [7, 11) is 1.42. The minimum atomic E-state index is -0.908. The summed E-state index contributed by atoms with van der Waals surface area (Å²) in [5.41, 5.74) is 0.0405. The fourth-order valence-electron chi connectivity index (χ4n) is 1.37. The molecule has 1 aromatic carbocycles. The van der Waals surface area contributed by atoms with Gasteiger partial charge in [-0.2, -0.15) is 0 Å². The third kappa shape index (κ3) is 1.35. The number of methoxy groups -OCH3 is 1. The summed E-state index contributed by atoms with van der Waals surface area (Å²) in [6, 6.07) is 2.17. The van der Waals surface area contributed by atoms with Crippen LogP contribution in [0.5, 0.6) is 5.75 Å². The molecule has 0 radical (unpaired) electrons. The second-order valence-electron chi connectivity index (χ2n) is 3.49. The largest absolute Gasteiger partial charge is 0.496 e. The third-order valence-corrected chi connectivity index (χ3v) is 2.39. The molecular formula is C10H10F2O2. The highest BCUT2D eigenvalue weighted by molar-refractivity contribution is 5.41. The molecule has 2 rings (SSSR count). The molecule has 76 valence electrons. The Morgan fingerprint density at radius 1 is 1.36 bits per heavy atom. The Morgan fingerprint density at radius 2 is 1.93 bits per heavy atom. The highest BCUT2D eigenvalue weighted by Crippen LogP contribution is 2.43. The maximum Gasteiger partial charge on any atom is 0.162 e. The van der Waals surface area contributed by atoms with E-state index in [9.17, 15) is 8.78 Å². The summed E-state index contributed by atoms with van der Waals surface area (Å²) in [4.78, 5) is 0. The lowest BCUT2D eigenvalue weighted by Gasteiger charge is -2.11. The van der Waals surface area contributed by atoms with E-state index in [0.29, 0.717) is 17.9 Å². The van der Waals surface area contributed by atoms with Crippen molar-refractivity contribution in [3.8, 4) is 5.75 Å². The van der Waals surface area contributed by atoms with E-state index in [1.54, 1.807) is 0 Å². The smallest absolute Gasteiger partial charge is 0.162 e. The van der Waals surface area contributed by atoms with Gasteiger partial charge in [0.05, 0.1) is 13.7 Å². The van der Waals surface area contributed by atoms with Crippen LogP contribution in [0.1, 0.15) is 12.5 Å². The van der Waals surface area contributed by atoms with Gasteiger partial charge in [0.25, 0.3) is 0 Å². The summed E-state index contributed by atoms with van der Waals surface area (Å²) < 4.78 is 35.9. The van der Waals surface area contributed by atoms with Gasteiger partial charge in [0.2, 0.25) is 0 Å². The number of epoxide rings is 1. The van der Waals surface area contributed by atoms with Gasteiger partial charge in [-0.1, -0.05) is 0 Å². The van der Waals surface area contributed by atoms with Crippen molar-refractivity contribution in [2.75, 3.05) is 13.7 Å². The van der Waals surface area contributed by atoms with E-state index < -0.39 is 17.2 Å². The minimum absolute atomic E-state index is 0.323. The molecule has 14 heavy (non-hydrogen) atoms. The number of ether oxygens (including phenoxy) is 2. The van der Waals surface area contributed by atoms with E-state index in [1.807, 2.05) is 6.92 Å². The zero-order valence-corrected chi connectivity index (χ0v) is 7.93. The predicted molar refractivity (Wildman–Crippen MR) is 46.2 cm³/mol. The Kier molecular flexibility index (Phi) is 1.96. The van der Waals surface area contributed by atoms with Crippen molar-refractivity contribution in [1.29, 1.82) is 0 Å². The predicted octanol–water partition coefficient (Wildman–Crippen LogP) is 2.22. The van der Waals surface area contributed by atoms with Gasteiger partial charge in [0.1, 0.15) is 11.4 Å². The summed E-state index contributed by atoms with van der Waals surface area (Å²) >= 11 is 0. The van der Waals surface area contributed by atoms with Crippen LogP contribution in [0.2, 0.25) is 0 Å². The van der Waals surface area contributed by atoms with Gasteiger partial charge in [0, 0.05) is 11.6 Å². The molecule has 0 saturated carbocycles. The molecule has 0 spiro atoms. The summed E-state index contributed by atoms with van der Waals surface area (Å²) in [6.45, 7) is 2.32. The molecule has 1 atom stereocenters. The van der Waals surface area contributed by atoms with Crippen molar-refractivity contribution in [3.63, 3.8) is 0 Å². The second-order valence-corrected chi connectivity index (χ2v) is 3.49. The second kappa shape index (κ2) is 2.92. The first-order valence-electron chi connectivity index (χ1n) is 4.24. The van der Waals surface area contributed by atoms with Crippen LogP contribution in [0.15, 0.2) is 12.1 Å². The Hall–Kier alpha value is -1.16. The van der Waals surface area contributed by atoms with E-state index in [0.717, 1.165) is 12.1 Å². The van der Waals surface area contributed by atoms with Crippen LogP contribution in [0.3, 0.4) is 0 Å². The minimum Gasteiger partial charge on any atom is -0.496 e. The lowest BCUT2D eigenvalue weighted by Crippen LogP contribution is -2.06. The van der Waals surface area contributed by atoms with E-state index in [1.165, 1.54) is 7.11 Å². The van der Waals surface area contributed by atoms with E-state index >= 15 is 0 Å². The Bertz CT molecular complexity index is 373. The number of hydrogen-bond acceptors (Lipinski definition) is 2. The van der Waals surface area contributed by atoms with Crippen molar-refractivity contribution in [2.24, 2.45) is 0 Å². The van der Waals surface area contributed by atoms with E-state index in [4.69, 9.17) is 9.47 Å². The number of benzene rings is 1. The first-order valence-corrected chi connectivity index (χ1v) is 4.24. The van der Waals surface area contributed by atoms with Crippen LogP contribution in [-0.4, -0.2) is 13.7 Å². The van der Waals surface area contributed by atoms with Crippen molar-refractivity contribution >= 4 is 0 Å². The highest BCUT2D eigenvalue weighted by Gasteiger charge is 2.44. The number of halogens is 2. The maximum atomic E-state index is 13.0. The Labute approximate surface area is 80.4 Å². The first kappa shape index (κ1) is 9.40. The van der Waals surface area contributed by atoms with Gasteiger partial charge in [-0.15, -0.1) is 0 Å². The van der Waals surface area contributed by atoms with Crippen molar-refractivity contribution in [3.05, 3.63) is 29.3 Å². The molecule has 1 aliphatic rings. The van der Waals surface area contributed by atoms with Crippen molar-refractivity contribution in [2.45, 2.75) is 12.5 Å². The zero-order chi connectivity index (χ0) is 10.3. The molecule has 0 aliphatic carbocycles. The molecule has 4 heteroatoms. The lowest BCUT2D eigenvalue weighted by atomic mass is 10.0. The molecule has 0 amide bonds. The number of rotatable bonds is 2. The molecule has 1 fully saturated rings. The van der Waals surface area contributed by atoms with Crippen LogP contribution in [0.4, 0.5) is 8.78 Å². The molecule has 2 nitrogen and oxygen atoms in total. The molecule has 1 aromatic rings. The third-order valence-electron chi connectivity index (χ3n) is 2.39. The average Bonchev–Trinajstić information content (AvgIpc) is 2.89. The monoisotopic (exact) mass is 200 g/mol. The van der Waals surface area contributed by atoms with Gasteiger partial charge in [0.15, 0.2) is 11.6 Å². The molecule has 1 saturated heterocycles. The van der Waals surface area contributed by atoms with Crippen LogP contribution in [0.25, 0.3) is 0 Å². The molecule has 0 N–H and O–H groups in total. The van der Waals surface area contributed by atoms with Gasteiger partial charge in [-0.3, -0.25) is 0 Å². The number of hydrogen-bond donors (Lipinski definition) is 0. The first-order chi connectivity index (χ1) is 6.57. The standard InChI is InChI=1S/C10H10F2O2/c1-10(5-14-10)6-3-7(11)8(12)4-9(6)13-2/h3-4H,5H2,1-2H3. The molecule has 1 aliphatic heterocycles. The summed E-state index contributed by atoms with van der Waals surface area (Å²) in [5.74, 6) is -1.46. The molecule has 0 aromatic heterocycles. The topological polar surface area (TPSA) is 21.8 Å². The van der Waals surface area contributed by atoms with Gasteiger partial charge >= 0.3 is 0 Å². The highest BCUT2D eigenvalue weighted by atomic mass is 19.2. The molecule has 1 heterocycles. The molecule has 0 bridgehead atoms. The average molecular weight is 200 g/mol. The van der Waals surface area contributed by atoms with Crippen LogP contribution < -0.4 is 4.74 Å². The normalized spacial score (nSPS) is 24.9. The zero-order valence-electron chi connectivity index (χ0n) is 7.93. The van der Waals surface area contributed by atoms with E-state index in [2.05, 4.69) is 0 Å². The van der Waals surface area contributed by atoms with Gasteiger partial charge < -0.3 is 9.47 Å². The molecule has 1 unspecified atom stereocenters. The van der Waals surface area contributed by atoms with Crippen LogP contribution in [-0.2, 0) is 10.3 Å². The Morgan fingerprint density at radius 3 is 2.43 bits per heavy atom. The van der Waals surface area contributed by atoms with Crippen LogP contribution >= 0.6 is 0 Å². The quantitative estimate of drug-likeness (QED) is 0.683. The summed E-state index contributed by atoms with van der Waals surface area (Å²) in [5, 5.41) is 0. The maximum absolute atomic E-state index is 13.0. The van der Waals surface area contributed by atoms with Gasteiger partial charge in [-0.05, 0) is 13.0 Å². The summed E-state index contributed by atoms with van der Waals surface area (Å²) in [6.07, 6.45) is 0. The van der Waals surface area contributed by atoms with Gasteiger partial charge in [-0.25, -0.2) is 8.78 Å².